The van der Waals surface area contributed by atoms with Crippen LogP contribution in [0, 0.1) is 0 Å². The molecule has 0 spiro atoms. The van der Waals surface area contributed by atoms with E-state index in [0.717, 1.165) is 16.5 Å². The third-order valence-electron chi connectivity index (χ3n) is 4.28. The quantitative estimate of drug-likeness (QED) is 0.619. The summed E-state index contributed by atoms with van der Waals surface area (Å²) in [4.78, 5) is 22.8. The zero-order valence-corrected chi connectivity index (χ0v) is 15.0. The Balaban J connectivity index is 1.75. The molecule has 1 aliphatic heterocycles. The molecule has 0 bridgehead atoms. The van der Waals surface area contributed by atoms with Crippen LogP contribution >= 0.6 is 0 Å². The van der Waals surface area contributed by atoms with E-state index in [0.29, 0.717) is 6.42 Å². The number of hydrogen-bond donors (Lipinski definition) is 0. The second-order valence-corrected chi connectivity index (χ2v) is 6.41. The average Bonchev–Trinajstić information content (AvgIpc) is 2.57. The Morgan fingerprint density at radius 2 is 1.73 bits per heavy atom. The van der Waals surface area contributed by atoms with Gasteiger partial charge in [0.05, 0.1) is 6.42 Å². The van der Waals surface area contributed by atoms with Crippen molar-refractivity contribution < 1.29 is 28.5 Å². The summed E-state index contributed by atoms with van der Waals surface area (Å²) in [5.74, 6) is -0.0772. The van der Waals surface area contributed by atoms with Gasteiger partial charge in [-0.15, -0.1) is 0 Å². The predicted molar refractivity (Wildman–Crippen MR) is 95.7 cm³/mol. The Hall–Kier alpha value is -2.60. The Kier molecular flexibility index (Phi) is 5.42. The van der Waals surface area contributed by atoms with Gasteiger partial charge in [0.25, 0.3) is 12.0 Å². The number of esters is 2. The Labute approximate surface area is 152 Å². The van der Waals surface area contributed by atoms with E-state index in [9.17, 15) is 9.59 Å². The van der Waals surface area contributed by atoms with Crippen LogP contribution in [0.3, 0.4) is 0 Å². The van der Waals surface area contributed by atoms with Crippen LogP contribution in [0.15, 0.2) is 42.5 Å². The van der Waals surface area contributed by atoms with Gasteiger partial charge in [-0.25, -0.2) is 0 Å². The number of benzene rings is 2. The lowest BCUT2D eigenvalue weighted by Gasteiger charge is -2.37. The topological polar surface area (TPSA) is 74.6 Å². The zero-order chi connectivity index (χ0) is 18.7. The molecule has 4 atom stereocenters. The SMILES string of the molecule is CC(=O)O[C@@H]1C(C)O[C@H]([OH+]c2ccc3ccccc3c2)C[C@H]1OC(C)=O. The highest BCUT2D eigenvalue weighted by atomic mass is 16.7. The van der Waals surface area contributed by atoms with E-state index in [-0.39, 0.29) is 0 Å². The van der Waals surface area contributed by atoms with Crippen LogP contribution in [0.25, 0.3) is 10.8 Å². The summed E-state index contributed by atoms with van der Waals surface area (Å²) in [6.45, 7) is 4.44. The molecule has 1 aliphatic rings. The molecule has 1 fully saturated rings. The van der Waals surface area contributed by atoms with E-state index in [4.69, 9.17) is 14.2 Å². The summed E-state index contributed by atoms with van der Waals surface area (Å²) in [7, 11) is 0. The largest absolute Gasteiger partial charge is 0.560 e. The highest BCUT2D eigenvalue weighted by Gasteiger charge is 2.43. The first-order chi connectivity index (χ1) is 12.4. The molecule has 1 unspecified atom stereocenters. The molecule has 1 N–H and O–H groups in total. The van der Waals surface area contributed by atoms with Crippen LogP contribution in [0.5, 0.6) is 5.75 Å². The average molecular weight is 359 g/mol. The summed E-state index contributed by atoms with van der Waals surface area (Å²) in [6, 6.07) is 14.0. The molecule has 0 radical (unpaired) electrons. The summed E-state index contributed by atoms with van der Waals surface area (Å²) in [5.41, 5.74) is 0. The van der Waals surface area contributed by atoms with Crippen LogP contribution in [0.4, 0.5) is 0 Å². The molecular formula is C20H23O6+. The molecule has 0 aromatic heterocycles. The van der Waals surface area contributed by atoms with Gasteiger partial charge in [0.1, 0.15) is 6.10 Å². The Morgan fingerprint density at radius 3 is 2.42 bits per heavy atom. The van der Waals surface area contributed by atoms with Gasteiger partial charge < -0.3 is 14.2 Å². The van der Waals surface area contributed by atoms with E-state index < -0.39 is 36.5 Å². The van der Waals surface area contributed by atoms with E-state index in [1.165, 1.54) is 13.8 Å². The maximum absolute atomic E-state index is 11.4. The fraction of sp³-hybridized carbons (Fsp3) is 0.400. The zero-order valence-electron chi connectivity index (χ0n) is 15.0. The van der Waals surface area contributed by atoms with Crippen LogP contribution in [0.2, 0.25) is 0 Å². The molecule has 1 saturated heterocycles. The molecule has 2 aromatic rings. The van der Waals surface area contributed by atoms with Gasteiger partial charge in [-0.1, -0.05) is 24.3 Å². The summed E-state index contributed by atoms with van der Waals surface area (Å²) >= 11 is 0. The van der Waals surface area contributed by atoms with E-state index >= 15 is 0 Å². The fourth-order valence-electron chi connectivity index (χ4n) is 3.21. The van der Waals surface area contributed by atoms with E-state index in [1.54, 1.807) is 6.92 Å². The molecule has 1 heterocycles. The van der Waals surface area contributed by atoms with Crippen molar-refractivity contribution in [3.8, 4) is 5.75 Å². The van der Waals surface area contributed by atoms with E-state index in [2.05, 4.69) is 4.74 Å². The number of fused-ring (bicyclic) bond motifs is 1. The first kappa shape index (κ1) is 18.2. The smallest absolute Gasteiger partial charge is 0.303 e. The first-order valence-electron chi connectivity index (χ1n) is 8.62. The Morgan fingerprint density at radius 1 is 1.04 bits per heavy atom. The molecular weight excluding hydrogens is 336 g/mol. The molecule has 2 aromatic carbocycles. The molecule has 26 heavy (non-hydrogen) atoms. The molecule has 6 heteroatoms. The highest BCUT2D eigenvalue weighted by Crippen LogP contribution is 2.29. The van der Waals surface area contributed by atoms with Gasteiger partial charge >= 0.3 is 11.9 Å². The molecule has 6 nitrogen and oxygen atoms in total. The van der Waals surface area contributed by atoms with Crippen LogP contribution < -0.4 is 0 Å². The second-order valence-electron chi connectivity index (χ2n) is 6.41. The third kappa shape index (κ3) is 4.32. The van der Waals surface area contributed by atoms with Gasteiger partial charge in [-0.3, -0.25) is 14.3 Å². The van der Waals surface area contributed by atoms with Crippen LogP contribution in [-0.2, 0) is 23.8 Å². The summed E-state index contributed by atoms with van der Waals surface area (Å²) < 4.78 is 21.2. The molecule has 0 saturated carbocycles. The van der Waals surface area contributed by atoms with Crippen molar-refractivity contribution in [2.24, 2.45) is 0 Å². The summed E-state index contributed by atoms with van der Waals surface area (Å²) in [6.07, 6.45) is -1.82. The minimum absolute atomic E-state index is 0.328. The van der Waals surface area contributed by atoms with Gasteiger partial charge in [-0.2, -0.15) is 0 Å². The maximum atomic E-state index is 11.4. The molecule has 0 aliphatic carbocycles. The number of hydrogen-bond acceptors (Lipinski definition) is 5. The van der Waals surface area contributed by atoms with Gasteiger partial charge in [0.15, 0.2) is 12.2 Å². The highest BCUT2D eigenvalue weighted by molar-refractivity contribution is 5.83. The van der Waals surface area contributed by atoms with Crippen molar-refractivity contribution in [2.75, 3.05) is 0 Å². The molecule has 3 rings (SSSR count). The van der Waals surface area contributed by atoms with Crippen molar-refractivity contribution in [3.05, 3.63) is 42.5 Å². The lowest BCUT2D eigenvalue weighted by molar-refractivity contribution is -0.279. The Bertz CT molecular complexity index is 802. The number of carbonyl (C=O) groups is 2. The van der Waals surface area contributed by atoms with Crippen molar-refractivity contribution in [3.63, 3.8) is 0 Å². The van der Waals surface area contributed by atoms with Crippen molar-refractivity contribution in [1.82, 2.24) is 0 Å². The predicted octanol–water partition coefficient (Wildman–Crippen LogP) is 3.08. The minimum atomic E-state index is -0.639. The lowest BCUT2D eigenvalue weighted by atomic mass is 10.0. The monoisotopic (exact) mass is 359 g/mol. The van der Waals surface area contributed by atoms with Gasteiger partial charge in [0, 0.05) is 26.0 Å². The van der Waals surface area contributed by atoms with Crippen molar-refractivity contribution in [2.45, 2.75) is 51.8 Å². The van der Waals surface area contributed by atoms with Gasteiger partial charge in [0.2, 0.25) is 0 Å². The number of ether oxygens (including phenoxy) is 4. The number of rotatable bonds is 4. The fourth-order valence-corrected chi connectivity index (χ4v) is 3.21. The van der Waals surface area contributed by atoms with Crippen LogP contribution in [-0.4, -0.2) is 41.3 Å². The standard InChI is InChI=1S/C20H22O6/c1-12-20(25-14(3)22)18(24-13(2)21)11-19(23-12)26-17-9-8-15-6-4-5-7-16(15)10-17/h4-10,12,18-20H,11H2,1-3H3/p+1/t12?,18-,19-,20-/m1/s1. The van der Waals surface area contributed by atoms with Gasteiger partial charge in [-0.05, 0) is 23.8 Å². The second kappa shape index (κ2) is 7.74. The third-order valence-corrected chi connectivity index (χ3v) is 4.28. The van der Waals surface area contributed by atoms with Crippen molar-refractivity contribution in [1.29, 1.82) is 0 Å². The van der Waals surface area contributed by atoms with E-state index in [1.807, 2.05) is 42.5 Å². The molecule has 0 amide bonds. The number of carbonyl (C=O) groups excluding carboxylic acids is 2. The number of aliphatic hydroxyl groups is 1. The lowest BCUT2D eigenvalue weighted by Crippen LogP contribution is -2.51. The van der Waals surface area contributed by atoms with Crippen LogP contribution in [0.1, 0.15) is 27.2 Å². The maximum Gasteiger partial charge on any atom is 0.303 e. The normalized spacial score (nSPS) is 25.5. The first-order valence-corrected chi connectivity index (χ1v) is 8.62. The van der Waals surface area contributed by atoms with Crippen molar-refractivity contribution >= 4 is 22.7 Å². The number of aromatic hydroxyl groups is 1. The molecule has 138 valence electrons. The summed E-state index contributed by atoms with van der Waals surface area (Å²) in [5, 5.41) is 2.23. The minimum Gasteiger partial charge on any atom is -0.560 e.